The van der Waals surface area contributed by atoms with Crippen LogP contribution >= 0.6 is 0 Å². The Morgan fingerprint density at radius 3 is 2.03 bits per heavy atom. The summed E-state index contributed by atoms with van der Waals surface area (Å²) in [5, 5.41) is 1.86. The first kappa shape index (κ1) is 29.4. The van der Waals surface area contributed by atoms with Gasteiger partial charge in [-0.1, -0.05) is 127 Å². The molecule has 0 radical (unpaired) electrons. The number of unbranched alkanes of at least 4 members (excludes halogenated alkanes) is 10. The molecular weight excluding hydrogens is 472 g/mol. The van der Waals surface area contributed by atoms with Crippen molar-refractivity contribution in [1.29, 1.82) is 0 Å². The summed E-state index contributed by atoms with van der Waals surface area (Å²) in [4.78, 5) is 26.8. The molecule has 0 fully saturated rings. The SMILES string of the molecule is CCCCCCCCOC(=O)c1cccc(CCCCCCCC)c1C(=O)Oc1cccc2ccccc12. The molecule has 3 rings (SSSR count). The van der Waals surface area contributed by atoms with Gasteiger partial charge in [0.15, 0.2) is 0 Å². The molecule has 0 spiro atoms. The lowest BCUT2D eigenvalue weighted by Gasteiger charge is -2.15. The first-order valence-electron chi connectivity index (χ1n) is 14.6. The number of esters is 2. The third kappa shape index (κ3) is 9.01. The van der Waals surface area contributed by atoms with Crippen LogP contribution in [0.15, 0.2) is 60.7 Å². The molecule has 0 aliphatic rings. The highest BCUT2D eigenvalue weighted by Crippen LogP contribution is 2.28. The Hall–Kier alpha value is -3.14. The Morgan fingerprint density at radius 1 is 0.632 bits per heavy atom. The number of fused-ring (bicyclic) bond motifs is 1. The second-order valence-corrected chi connectivity index (χ2v) is 10.1. The molecule has 0 aliphatic heterocycles. The molecule has 0 bridgehead atoms. The molecule has 3 aromatic carbocycles. The predicted octanol–water partition coefficient (Wildman–Crippen LogP) is 9.48. The van der Waals surface area contributed by atoms with Crippen LogP contribution in [0, 0.1) is 0 Å². The molecule has 0 saturated carbocycles. The van der Waals surface area contributed by atoms with Crippen molar-refractivity contribution in [2.75, 3.05) is 6.61 Å². The molecular formula is C34H44O4. The van der Waals surface area contributed by atoms with Crippen LogP contribution in [0.4, 0.5) is 0 Å². The van der Waals surface area contributed by atoms with Crippen molar-refractivity contribution in [1.82, 2.24) is 0 Å². The molecule has 3 aromatic rings. The quantitative estimate of drug-likeness (QED) is 0.102. The van der Waals surface area contributed by atoms with Crippen molar-refractivity contribution in [3.8, 4) is 5.75 Å². The van der Waals surface area contributed by atoms with Gasteiger partial charge in [0, 0.05) is 5.39 Å². The van der Waals surface area contributed by atoms with Crippen LogP contribution in [0.1, 0.15) is 117 Å². The van der Waals surface area contributed by atoms with E-state index in [1.165, 1.54) is 44.9 Å². The van der Waals surface area contributed by atoms with Crippen molar-refractivity contribution in [3.63, 3.8) is 0 Å². The van der Waals surface area contributed by atoms with E-state index in [4.69, 9.17) is 9.47 Å². The van der Waals surface area contributed by atoms with Gasteiger partial charge in [0.05, 0.1) is 17.7 Å². The first-order valence-corrected chi connectivity index (χ1v) is 14.6. The summed E-state index contributed by atoms with van der Waals surface area (Å²) in [6.45, 7) is 4.78. The number of carbonyl (C=O) groups is 2. The van der Waals surface area contributed by atoms with E-state index < -0.39 is 11.9 Å². The number of ether oxygens (including phenoxy) is 2. The van der Waals surface area contributed by atoms with Gasteiger partial charge in [-0.25, -0.2) is 9.59 Å². The summed E-state index contributed by atoms with van der Waals surface area (Å²) in [5.41, 5.74) is 1.48. The highest BCUT2D eigenvalue weighted by atomic mass is 16.5. The molecule has 204 valence electrons. The lowest BCUT2D eigenvalue weighted by atomic mass is 9.96. The Labute approximate surface area is 228 Å². The summed E-state index contributed by atoms with van der Waals surface area (Å²) >= 11 is 0. The van der Waals surface area contributed by atoms with Crippen LogP contribution < -0.4 is 4.74 Å². The van der Waals surface area contributed by atoms with Crippen LogP contribution in [0.2, 0.25) is 0 Å². The third-order valence-electron chi connectivity index (χ3n) is 7.06. The van der Waals surface area contributed by atoms with Gasteiger partial charge in [-0.05, 0) is 42.3 Å². The minimum atomic E-state index is -0.505. The maximum atomic E-state index is 13.6. The second-order valence-electron chi connectivity index (χ2n) is 10.1. The van der Waals surface area contributed by atoms with Gasteiger partial charge in [0.25, 0.3) is 0 Å². The molecule has 4 heteroatoms. The van der Waals surface area contributed by atoms with E-state index in [0.29, 0.717) is 23.5 Å². The van der Waals surface area contributed by atoms with E-state index in [1.807, 2.05) is 48.5 Å². The standard InChI is InChI=1S/C34H44O4/c1-3-5-7-9-11-13-20-28-22-17-24-30(33(35)37-26-16-12-10-8-6-4-2)32(28)34(36)38-31-25-18-21-27-19-14-15-23-29(27)31/h14-15,17-19,21-25H,3-13,16,20,26H2,1-2H3. The number of carbonyl (C=O) groups excluding carboxylic acids is 2. The lowest BCUT2D eigenvalue weighted by Crippen LogP contribution is -2.19. The van der Waals surface area contributed by atoms with E-state index in [2.05, 4.69) is 13.8 Å². The summed E-state index contributed by atoms with van der Waals surface area (Å²) in [6.07, 6.45) is 14.4. The van der Waals surface area contributed by atoms with Crippen LogP contribution in [-0.2, 0) is 11.2 Å². The fourth-order valence-corrected chi connectivity index (χ4v) is 4.88. The molecule has 0 amide bonds. The van der Waals surface area contributed by atoms with Gasteiger partial charge in [0.2, 0.25) is 0 Å². The molecule has 0 saturated heterocycles. The van der Waals surface area contributed by atoms with E-state index in [1.54, 1.807) is 12.1 Å². The third-order valence-corrected chi connectivity index (χ3v) is 7.06. The molecule has 4 nitrogen and oxygen atoms in total. The van der Waals surface area contributed by atoms with Gasteiger partial charge in [0.1, 0.15) is 5.75 Å². The summed E-state index contributed by atoms with van der Waals surface area (Å²) < 4.78 is 11.6. The van der Waals surface area contributed by atoms with Crippen molar-refractivity contribution in [2.24, 2.45) is 0 Å². The molecule has 0 aromatic heterocycles. The van der Waals surface area contributed by atoms with Crippen molar-refractivity contribution < 1.29 is 19.1 Å². The van der Waals surface area contributed by atoms with E-state index in [0.717, 1.165) is 54.9 Å². The molecule has 38 heavy (non-hydrogen) atoms. The van der Waals surface area contributed by atoms with Crippen molar-refractivity contribution >= 4 is 22.7 Å². The predicted molar refractivity (Wildman–Crippen MR) is 156 cm³/mol. The van der Waals surface area contributed by atoms with Gasteiger partial charge >= 0.3 is 11.9 Å². The number of hydrogen-bond acceptors (Lipinski definition) is 4. The zero-order valence-corrected chi connectivity index (χ0v) is 23.3. The molecule has 0 heterocycles. The average molecular weight is 517 g/mol. The highest BCUT2D eigenvalue weighted by molar-refractivity contribution is 6.05. The second kappa shape index (κ2) is 16.7. The first-order chi connectivity index (χ1) is 18.7. The highest BCUT2D eigenvalue weighted by Gasteiger charge is 2.24. The van der Waals surface area contributed by atoms with E-state index >= 15 is 0 Å². The van der Waals surface area contributed by atoms with E-state index in [-0.39, 0.29) is 0 Å². The fourth-order valence-electron chi connectivity index (χ4n) is 4.88. The zero-order valence-electron chi connectivity index (χ0n) is 23.3. The number of benzene rings is 3. The number of rotatable bonds is 17. The Morgan fingerprint density at radius 2 is 1.26 bits per heavy atom. The maximum absolute atomic E-state index is 13.6. The number of hydrogen-bond donors (Lipinski definition) is 0. The summed E-state index contributed by atoms with van der Waals surface area (Å²) in [5.74, 6) is -0.462. The van der Waals surface area contributed by atoms with Gasteiger partial charge in [-0.3, -0.25) is 0 Å². The Kier molecular flexibility index (Phi) is 12.9. The van der Waals surface area contributed by atoms with Crippen LogP contribution in [-0.4, -0.2) is 18.5 Å². The van der Waals surface area contributed by atoms with Gasteiger partial charge in [-0.2, -0.15) is 0 Å². The average Bonchev–Trinajstić information content (AvgIpc) is 2.94. The smallest absolute Gasteiger partial charge is 0.344 e. The lowest BCUT2D eigenvalue weighted by molar-refractivity contribution is 0.0489. The topological polar surface area (TPSA) is 52.6 Å². The van der Waals surface area contributed by atoms with E-state index in [9.17, 15) is 9.59 Å². The molecule has 0 N–H and O–H groups in total. The molecule has 0 atom stereocenters. The van der Waals surface area contributed by atoms with Gasteiger partial charge < -0.3 is 9.47 Å². The molecule has 0 aliphatic carbocycles. The largest absolute Gasteiger partial charge is 0.462 e. The van der Waals surface area contributed by atoms with Crippen LogP contribution in [0.5, 0.6) is 5.75 Å². The van der Waals surface area contributed by atoms with Crippen LogP contribution in [0.3, 0.4) is 0 Å². The minimum absolute atomic E-state index is 0.296. The normalized spacial score (nSPS) is 11.0. The maximum Gasteiger partial charge on any atom is 0.344 e. The molecule has 0 unspecified atom stereocenters. The fraction of sp³-hybridized carbons (Fsp3) is 0.471. The Bertz CT molecular complexity index is 1140. The van der Waals surface area contributed by atoms with Crippen molar-refractivity contribution in [3.05, 3.63) is 77.4 Å². The van der Waals surface area contributed by atoms with Crippen LogP contribution in [0.25, 0.3) is 10.8 Å². The summed E-state index contributed by atoms with van der Waals surface area (Å²) in [7, 11) is 0. The summed E-state index contributed by atoms with van der Waals surface area (Å²) in [6, 6.07) is 19.0. The Balaban J connectivity index is 1.76. The van der Waals surface area contributed by atoms with Gasteiger partial charge in [-0.15, -0.1) is 0 Å². The minimum Gasteiger partial charge on any atom is -0.462 e. The van der Waals surface area contributed by atoms with Crippen molar-refractivity contribution in [2.45, 2.75) is 97.3 Å². The number of aryl methyl sites for hydroxylation is 1. The zero-order chi connectivity index (χ0) is 27.0. The monoisotopic (exact) mass is 516 g/mol.